The van der Waals surface area contributed by atoms with Gasteiger partial charge in [-0.15, -0.1) is 5.10 Å². The molecule has 0 saturated carbocycles. The van der Waals surface area contributed by atoms with E-state index in [1.54, 1.807) is 18.2 Å². The Labute approximate surface area is 103 Å². The van der Waals surface area contributed by atoms with Crippen molar-refractivity contribution in [3.05, 3.63) is 47.8 Å². The number of benzene rings is 1. The van der Waals surface area contributed by atoms with E-state index in [0.29, 0.717) is 18.7 Å². The molecule has 6 heteroatoms. The number of hydrogen-bond acceptors (Lipinski definition) is 3. The Morgan fingerprint density at radius 2 is 1.94 bits per heavy atom. The molecule has 0 spiro atoms. The Morgan fingerprint density at radius 1 is 1.22 bits per heavy atom. The molecule has 0 aliphatic rings. The summed E-state index contributed by atoms with van der Waals surface area (Å²) in [4.78, 5) is 0. The van der Waals surface area contributed by atoms with Crippen LogP contribution >= 0.6 is 0 Å². The van der Waals surface area contributed by atoms with Gasteiger partial charge in [0.1, 0.15) is 6.54 Å². The van der Waals surface area contributed by atoms with Gasteiger partial charge in [-0.2, -0.15) is 8.78 Å². The highest BCUT2D eigenvalue weighted by Crippen LogP contribution is 2.29. The maximum Gasteiger partial charge on any atom is 0.292 e. The predicted molar refractivity (Wildman–Crippen MR) is 63.1 cm³/mol. The van der Waals surface area contributed by atoms with Crippen molar-refractivity contribution in [1.29, 1.82) is 0 Å². The monoisotopic (exact) mass is 252 g/mol. The molecule has 2 aromatic rings. The molecule has 1 aromatic heterocycles. The van der Waals surface area contributed by atoms with Gasteiger partial charge in [-0.05, 0) is 6.54 Å². The van der Waals surface area contributed by atoms with Gasteiger partial charge >= 0.3 is 0 Å². The second-order valence-electron chi connectivity index (χ2n) is 4.02. The minimum absolute atomic E-state index is 0.0270. The molecule has 0 atom stereocenters. The largest absolute Gasteiger partial charge is 0.330 e. The molecule has 0 bridgehead atoms. The number of rotatable bonds is 5. The van der Waals surface area contributed by atoms with E-state index in [9.17, 15) is 8.78 Å². The molecule has 0 fully saturated rings. The lowest BCUT2D eigenvalue weighted by Crippen LogP contribution is -2.21. The van der Waals surface area contributed by atoms with E-state index < -0.39 is 12.5 Å². The van der Waals surface area contributed by atoms with Crippen LogP contribution in [0.4, 0.5) is 8.78 Å². The maximum absolute atomic E-state index is 13.9. The Bertz CT molecular complexity index is 496. The summed E-state index contributed by atoms with van der Waals surface area (Å²) in [5.74, 6) is -2.96. The van der Waals surface area contributed by atoms with Crippen molar-refractivity contribution < 1.29 is 8.78 Å². The number of hydrogen-bond donors (Lipinski definition) is 1. The summed E-state index contributed by atoms with van der Waals surface area (Å²) in [6.45, 7) is -0.0949. The summed E-state index contributed by atoms with van der Waals surface area (Å²) >= 11 is 0. The van der Waals surface area contributed by atoms with Gasteiger partial charge in [0, 0.05) is 18.2 Å². The maximum atomic E-state index is 13.9. The van der Waals surface area contributed by atoms with Crippen LogP contribution in [0.2, 0.25) is 0 Å². The second-order valence-corrected chi connectivity index (χ2v) is 4.02. The predicted octanol–water partition coefficient (Wildman–Crippen LogP) is 1.57. The smallest absolute Gasteiger partial charge is 0.292 e. The van der Waals surface area contributed by atoms with E-state index in [2.05, 4.69) is 10.3 Å². The van der Waals surface area contributed by atoms with E-state index in [-0.39, 0.29) is 5.56 Å². The fourth-order valence-electron chi connectivity index (χ4n) is 1.65. The van der Waals surface area contributed by atoms with Crippen molar-refractivity contribution in [1.82, 2.24) is 15.0 Å². The van der Waals surface area contributed by atoms with E-state index >= 15 is 0 Å². The Kier molecular flexibility index (Phi) is 3.66. The highest BCUT2D eigenvalue weighted by atomic mass is 19.3. The van der Waals surface area contributed by atoms with Crippen molar-refractivity contribution in [2.24, 2.45) is 5.73 Å². The normalized spacial score (nSPS) is 11.7. The molecule has 96 valence electrons. The zero-order valence-corrected chi connectivity index (χ0v) is 9.76. The Morgan fingerprint density at radius 3 is 2.61 bits per heavy atom. The quantitative estimate of drug-likeness (QED) is 0.878. The molecule has 0 saturated heterocycles. The van der Waals surface area contributed by atoms with Crippen molar-refractivity contribution in [3.8, 4) is 0 Å². The summed E-state index contributed by atoms with van der Waals surface area (Å²) in [7, 11) is 0. The van der Waals surface area contributed by atoms with Crippen LogP contribution in [0.3, 0.4) is 0 Å². The van der Waals surface area contributed by atoms with E-state index in [1.807, 2.05) is 0 Å². The van der Waals surface area contributed by atoms with Gasteiger partial charge in [-0.1, -0.05) is 35.5 Å². The third kappa shape index (κ3) is 2.89. The van der Waals surface area contributed by atoms with E-state index in [1.165, 1.54) is 18.3 Å². The third-order valence-corrected chi connectivity index (χ3v) is 2.54. The zero-order valence-electron chi connectivity index (χ0n) is 9.76. The van der Waals surface area contributed by atoms with Crippen LogP contribution in [0.1, 0.15) is 11.3 Å². The molecule has 0 amide bonds. The van der Waals surface area contributed by atoms with Crippen LogP contribution in [0.5, 0.6) is 0 Å². The van der Waals surface area contributed by atoms with Gasteiger partial charge in [0.05, 0.1) is 5.69 Å². The highest BCUT2D eigenvalue weighted by Gasteiger charge is 2.32. The van der Waals surface area contributed by atoms with Gasteiger partial charge in [-0.25, -0.2) is 4.68 Å². The van der Waals surface area contributed by atoms with Crippen LogP contribution in [-0.4, -0.2) is 21.5 Å². The van der Waals surface area contributed by atoms with Crippen molar-refractivity contribution in [2.75, 3.05) is 6.54 Å². The van der Waals surface area contributed by atoms with Gasteiger partial charge in [0.2, 0.25) is 0 Å². The van der Waals surface area contributed by atoms with Crippen LogP contribution in [0.15, 0.2) is 36.5 Å². The van der Waals surface area contributed by atoms with Gasteiger partial charge < -0.3 is 5.73 Å². The lowest BCUT2D eigenvalue weighted by molar-refractivity contribution is -0.0258. The van der Waals surface area contributed by atoms with E-state index in [4.69, 9.17) is 5.73 Å². The highest BCUT2D eigenvalue weighted by molar-refractivity contribution is 5.19. The molecule has 0 aliphatic carbocycles. The van der Waals surface area contributed by atoms with Crippen molar-refractivity contribution in [3.63, 3.8) is 0 Å². The molecule has 0 unspecified atom stereocenters. The number of halogens is 2. The van der Waals surface area contributed by atoms with Crippen LogP contribution < -0.4 is 5.73 Å². The Balaban J connectivity index is 2.12. The molecule has 2 rings (SSSR count). The zero-order chi connectivity index (χ0) is 13.0. The molecule has 1 heterocycles. The van der Waals surface area contributed by atoms with Gasteiger partial charge in [-0.3, -0.25) is 0 Å². The fraction of sp³-hybridized carbons (Fsp3) is 0.333. The van der Waals surface area contributed by atoms with E-state index in [0.717, 1.165) is 4.68 Å². The standard InChI is InChI=1S/C12H14F2N4/c13-12(14,10-4-2-1-3-5-10)9-18-8-11(6-7-15)16-17-18/h1-5,8H,6-7,9,15H2. The van der Waals surface area contributed by atoms with Gasteiger partial charge in [0.15, 0.2) is 0 Å². The number of nitrogens with two attached hydrogens (primary N) is 1. The first-order chi connectivity index (χ1) is 8.62. The molecule has 0 radical (unpaired) electrons. The first-order valence-electron chi connectivity index (χ1n) is 5.64. The average molecular weight is 252 g/mol. The summed E-state index contributed by atoms with van der Waals surface area (Å²) in [6, 6.07) is 7.68. The Hall–Kier alpha value is -1.82. The molecule has 18 heavy (non-hydrogen) atoms. The van der Waals surface area contributed by atoms with Crippen LogP contribution in [-0.2, 0) is 18.9 Å². The minimum Gasteiger partial charge on any atom is -0.330 e. The molecular weight excluding hydrogens is 238 g/mol. The van der Waals surface area contributed by atoms with Crippen LogP contribution in [0.25, 0.3) is 0 Å². The van der Waals surface area contributed by atoms with Gasteiger partial charge in [0.25, 0.3) is 5.92 Å². The first-order valence-corrected chi connectivity index (χ1v) is 5.64. The summed E-state index contributed by atoms with van der Waals surface area (Å²) in [5, 5.41) is 7.46. The number of aromatic nitrogens is 3. The molecule has 4 nitrogen and oxygen atoms in total. The SMILES string of the molecule is NCCc1cn(CC(F)(F)c2ccccc2)nn1. The topological polar surface area (TPSA) is 56.7 Å². The summed E-state index contributed by atoms with van der Waals surface area (Å²) in [5.41, 5.74) is 5.96. The van der Waals surface area contributed by atoms with Crippen LogP contribution in [0, 0.1) is 0 Å². The summed E-state index contributed by atoms with van der Waals surface area (Å²) in [6.07, 6.45) is 2.04. The molecule has 2 N–H and O–H groups in total. The second kappa shape index (κ2) is 5.22. The average Bonchev–Trinajstić information content (AvgIpc) is 2.77. The molecule has 1 aromatic carbocycles. The molecule has 0 aliphatic heterocycles. The summed E-state index contributed by atoms with van der Waals surface area (Å²) < 4.78 is 29.0. The minimum atomic E-state index is -2.96. The number of nitrogens with zero attached hydrogens (tertiary/aromatic N) is 3. The third-order valence-electron chi connectivity index (χ3n) is 2.54. The van der Waals surface area contributed by atoms with Crippen molar-refractivity contribution in [2.45, 2.75) is 18.9 Å². The number of alkyl halides is 2. The molecular formula is C12H14F2N4. The lowest BCUT2D eigenvalue weighted by atomic mass is 10.1. The first kappa shape index (κ1) is 12.6. The lowest BCUT2D eigenvalue weighted by Gasteiger charge is -2.15. The fourth-order valence-corrected chi connectivity index (χ4v) is 1.65. The van der Waals surface area contributed by atoms with Crippen molar-refractivity contribution >= 4 is 0 Å².